The smallest absolute Gasteiger partial charge is 0.153 e. The lowest BCUT2D eigenvalue weighted by molar-refractivity contribution is 0.112. The van der Waals surface area contributed by atoms with Gasteiger partial charge in [0.1, 0.15) is 5.82 Å². The number of fused-ring (bicyclic) bond motifs is 1. The SMILES string of the molecule is CC1CN2CCCC2CN1c1ncccc1C=O. The lowest BCUT2D eigenvalue weighted by Crippen LogP contribution is -2.55. The Morgan fingerprint density at radius 3 is 3.17 bits per heavy atom. The molecule has 3 heterocycles. The minimum Gasteiger partial charge on any atom is -0.350 e. The van der Waals surface area contributed by atoms with Crippen LogP contribution in [0, 0.1) is 0 Å². The van der Waals surface area contributed by atoms with Crippen molar-refractivity contribution in [1.29, 1.82) is 0 Å². The van der Waals surface area contributed by atoms with Crippen LogP contribution < -0.4 is 4.90 Å². The highest BCUT2D eigenvalue weighted by Crippen LogP contribution is 2.28. The largest absolute Gasteiger partial charge is 0.350 e. The number of hydrogen-bond donors (Lipinski definition) is 0. The number of aldehydes is 1. The summed E-state index contributed by atoms with van der Waals surface area (Å²) < 4.78 is 0. The number of nitrogens with zero attached hydrogens (tertiary/aromatic N) is 3. The minimum absolute atomic E-state index is 0.424. The minimum atomic E-state index is 0.424. The van der Waals surface area contributed by atoms with Crippen molar-refractivity contribution in [2.45, 2.75) is 31.8 Å². The van der Waals surface area contributed by atoms with Crippen LogP contribution in [-0.2, 0) is 0 Å². The normalized spacial score (nSPS) is 28.2. The second kappa shape index (κ2) is 4.69. The summed E-state index contributed by atoms with van der Waals surface area (Å²) in [5.74, 6) is 0.853. The summed E-state index contributed by atoms with van der Waals surface area (Å²) in [6, 6.07) is 4.74. The molecule has 3 rings (SSSR count). The Bertz CT molecular complexity index is 448. The van der Waals surface area contributed by atoms with Crippen molar-refractivity contribution in [3.8, 4) is 0 Å². The zero-order valence-electron chi connectivity index (χ0n) is 10.7. The van der Waals surface area contributed by atoms with E-state index in [0.717, 1.165) is 25.2 Å². The quantitative estimate of drug-likeness (QED) is 0.741. The molecule has 2 atom stereocenters. The topological polar surface area (TPSA) is 36.4 Å². The highest BCUT2D eigenvalue weighted by molar-refractivity contribution is 5.82. The number of pyridine rings is 1. The molecule has 96 valence electrons. The van der Waals surface area contributed by atoms with Crippen molar-refractivity contribution in [2.75, 3.05) is 24.5 Å². The van der Waals surface area contributed by atoms with Crippen LogP contribution in [0.15, 0.2) is 18.3 Å². The van der Waals surface area contributed by atoms with Gasteiger partial charge in [0.2, 0.25) is 0 Å². The lowest BCUT2D eigenvalue weighted by atomic mass is 10.1. The molecule has 2 aliphatic rings. The molecule has 2 saturated heterocycles. The highest BCUT2D eigenvalue weighted by atomic mass is 16.1. The van der Waals surface area contributed by atoms with E-state index in [0.29, 0.717) is 17.6 Å². The molecule has 1 aromatic heterocycles. The molecule has 4 nitrogen and oxygen atoms in total. The first-order chi connectivity index (χ1) is 8.79. The third-order valence-electron chi connectivity index (χ3n) is 4.15. The van der Waals surface area contributed by atoms with Crippen molar-refractivity contribution in [3.05, 3.63) is 23.9 Å². The van der Waals surface area contributed by atoms with Crippen molar-refractivity contribution < 1.29 is 4.79 Å². The van der Waals surface area contributed by atoms with Gasteiger partial charge in [-0.25, -0.2) is 4.98 Å². The summed E-state index contributed by atoms with van der Waals surface area (Å²) in [7, 11) is 0. The fourth-order valence-corrected chi connectivity index (χ4v) is 3.22. The summed E-state index contributed by atoms with van der Waals surface area (Å²) in [4.78, 5) is 20.4. The van der Waals surface area contributed by atoms with E-state index in [-0.39, 0.29) is 0 Å². The standard InChI is InChI=1S/C14H19N3O/c1-11-8-16-7-3-5-13(16)9-17(11)14-12(10-18)4-2-6-15-14/h2,4,6,10-11,13H,3,5,7-9H2,1H3. The number of carbonyl (C=O) groups excluding carboxylic acids is 1. The van der Waals surface area contributed by atoms with Crippen molar-refractivity contribution in [2.24, 2.45) is 0 Å². The molecule has 0 bridgehead atoms. The number of carbonyl (C=O) groups is 1. The van der Waals surface area contributed by atoms with Gasteiger partial charge in [0, 0.05) is 31.4 Å². The van der Waals surface area contributed by atoms with Crippen molar-refractivity contribution in [3.63, 3.8) is 0 Å². The van der Waals surface area contributed by atoms with E-state index in [1.54, 1.807) is 6.20 Å². The molecule has 0 N–H and O–H groups in total. The Hall–Kier alpha value is -1.42. The maximum Gasteiger partial charge on any atom is 0.153 e. The van der Waals surface area contributed by atoms with E-state index < -0.39 is 0 Å². The number of anilines is 1. The molecule has 4 heteroatoms. The van der Waals surface area contributed by atoms with E-state index >= 15 is 0 Å². The highest BCUT2D eigenvalue weighted by Gasteiger charge is 2.35. The number of piperazine rings is 1. The van der Waals surface area contributed by atoms with Gasteiger partial charge in [-0.1, -0.05) is 0 Å². The maximum atomic E-state index is 11.1. The molecule has 0 spiro atoms. The van der Waals surface area contributed by atoms with E-state index in [9.17, 15) is 4.79 Å². The average Bonchev–Trinajstić information content (AvgIpc) is 2.84. The fourth-order valence-electron chi connectivity index (χ4n) is 3.22. The summed E-state index contributed by atoms with van der Waals surface area (Å²) >= 11 is 0. The lowest BCUT2D eigenvalue weighted by Gasteiger charge is -2.43. The molecule has 0 aromatic carbocycles. The van der Waals surface area contributed by atoms with Crippen molar-refractivity contribution in [1.82, 2.24) is 9.88 Å². The molecular weight excluding hydrogens is 226 g/mol. The van der Waals surface area contributed by atoms with Gasteiger partial charge in [0.15, 0.2) is 6.29 Å². The monoisotopic (exact) mass is 245 g/mol. The van der Waals surface area contributed by atoms with Crippen LogP contribution in [0.1, 0.15) is 30.1 Å². The predicted molar refractivity (Wildman–Crippen MR) is 71.0 cm³/mol. The summed E-state index contributed by atoms with van der Waals surface area (Å²) in [5, 5.41) is 0. The molecule has 2 unspecified atom stereocenters. The maximum absolute atomic E-state index is 11.1. The molecule has 0 amide bonds. The molecule has 2 fully saturated rings. The third-order valence-corrected chi connectivity index (χ3v) is 4.15. The van der Waals surface area contributed by atoms with Gasteiger partial charge in [0.25, 0.3) is 0 Å². The molecule has 2 aliphatic heterocycles. The Morgan fingerprint density at radius 2 is 2.33 bits per heavy atom. The van der Waals surface area contributed by atoms with E-state index in [2.05, 4.69) is 21.7 Å². The molecule has 0 aliphatic carbocycles. The number of rotatable bonds is 2. The second-order valence-corrected chi connectivity index (χ2v) is 5.33. The first-order valence-electron chi connectivity index (χ1n) is 6.70. The third kappa shape index (κ3) is 1.90. The summed E-state index contributed by atoms with van der Waals surface area (Å²) in [6.07, 6.45) is 5.26. The van der Waals surface area contributed by atoms with Crippen LogP contribution in [0.25, 0.3) is 0 Å². The zero-order valence-corrected chi connectivity index (χ0v) is 10.7. The van der Waals surface area contributed by atoms with Crippen LogP contribution >= 0.6 is 0 Å². The first-order valence-corrected chi connectivity index (χ1v) is 6.70. The van der Waals surface area contributed by atoms with Gasteiger partial charge in [-0.2, -0.15) is 0 Å². The van der Waals surface area contributed by atoms with Gasteiger partial charge in [-0.15, -0.1) is 0 Å². The van der Waals surface area contributed by atoms with Crippen LogP contribution in [0.5, 0.6) is 0 Å². The van der Waals surface area contributed by atoms with Gasteiger partial charge >= 0.3 is 0 Å². The molecule has 1 aromatic rings. The van der Waals surface area contributed by atoms with Crippen LogP contribution in [0.4, 0.5) is 5.82 Å². The molecule has 0 radical (unpaired) electrons. The van der Waals surface area contributed by atoms with Crippen molar-refractivity contribution >= 4 is 12.1 Å². The van der Waals surface area contributed by atoms with Crippen LogP contribution in [-0.4, -0.2) is 47.9 Å². The van der Waals surface area contributed by atoms with E-state index in [1.807, 2.05) is 12.1 Å². The summed E-state index contributed by atoms with van der Waals surface area (Å²) in [5.41, 5.74) is 0.704. The molecular formula is C14H19N3O. The van der Waals surface area contributed by atoms with E-state index in [4.69, 9.17) is 0 Å². The number of hydrogen-bond acceptors (Lipinski definition) is 4. The summed E-state index contributed by atoms with van der Waals surface area (Å²) in [6.45, 7) is 5.53. The second-order valence-electron chi connectivity index (χ2n) is 5.33. The van der Waals surface area contributed by atoms with Crippen LogP contribution in [0.3, 0.4) is 0 Å². The Balaban J connectivity index is 1.88. The first kappa shape index (κ1) is 11.7. The van der Waals surface area contributed by atoms with Gasteiger partial charge < -0.3 is 4.90 Å². The van der Waals surface area contributed by atoms with E-state index in [1.165, 1.54) is 19.4 Å². The number of aromatic nitrogens is 1. The van der Waals surface area contributed by atoms with Gasteiger partial charge in [0.05, 0.1) is 5.56 Å². The van der Waals surface area contributed by atoms with Crippen LogP contribution in [0.2, 0.25) is 0 Å². The Kier molecular flexibility index (Phi) is 3.04. The average molecular weight is 245 g/mol. The zero-order chi connectivity index (χ0) is 12.5. The Labute approximate surface area is 108 Å². The molecule has 18 heavy (non-hydrogen) atoms. The van der Waals surface area contributed by atoms with Gasteiger partial charge in [-0.3, -0.25) is 9.69 Å². The predicted octanol–water partition coefficient (Wildman–Crippen LogP) is 1.57. The fraction of sp³-hybridized carbons (Fsp3) is 0.571. The van der Waals surface area contributed by atoms with Gasteiger partial charge in [-0.05, 0) is 38.4 Å². The molecule has 0 saturated carbocycles. The Morgan fingerprint density at radius 1 is 1.44 bits per heavy atom.